The predicted octanol–water partition coefficient (Wildman–Crippen LogP) is 2.85. The molecule has 0 spiro atoms. The third-order valence-electron chi connectivity index (χ3n) is 3.86. The third kappa shape index (κ3) is 5.46. The van der Waals surface area contributed by atoms with Crippen molar-refractivity contribution < 1.29 is 19.0 Å². The molecule has 0 aromatic heterocycles. The van der Waals surface area contributed by atoms with Gasteiger partial charge in [-0.05, 0) is 54.8 Å². The first-order valence-corrected chi connectivity index (χ1v) is 7.95. The molecule has 25 heavy (non-hydrogen) atoms. The summed E-state index contributed by atoms with van der Waals surface area (Å²) >= 11 is 0. The Morgan fingerprint density at radius 2 is 1.88 bits per heavy atom. The highest BCUT2D eigenvalue weighted by Gasteiger charge is 2.23. The Hall–Kier alpha value is -2.60. The molecular weight excluding hydrogens is 323 g/mol. The number of aliphatic hydroxyl groups is 1. The highest BCUT2D eigenvalue weighted by atomic mass is 19.1. The van der Waals surface area contributed by atoms with E-state index in [0.717, 1.165) is 16.9 Å². The second kappa shape index (κ2) is 7.98. The van der Waals surface area contributed by atoms with E-state index in [1.165, 1.54) is 24.3 Å². The van der Waals surface area contributed by atoms with Gasteiger partial charge in [0.15, 0.2) is 0 Å². The number of carbonyl (C=O) groups excluding carboxylic acids is 1. The van der Waals surface area contributed by atoms with Gasteiger partial charge in [0, 0.05) is 6.54 Å². The molecule has 0 aliphatic rings. The number of rotatable bonds is 6. The molecule has 0 heterocycles. The van der Waals surface area contributed by atoms with Crippen LogP contribution in [0.25, 0.3) is 0 Å². The number of benzene rings is 2. The number of nitrogens with one attached hydrogen (secondary N) is 2. The lowest BCUT2D eigenvalue weighted by Crippen LogP contribution is -2.43. The van der Waals surface area contributed by atoms with Crippen LogP contribution >= 0.6 is 0 Å². The maximum atomic E-state index is 13.0. The molecule has 0 bridgehead atoms. The lowest BCUT2D eigenvalue weighted by Gasteiger charge is -2.24. The van der Waals surface area contributed by atoms with Gasteiger partial charge in [-0.1, -0.05) is 18.2 Å². The first kappa shape index (κ1) is 18.7. The summed E-state index contributed by atoms with van der Waals surface area (Å²) in [7, 11) is 1.59. The van der Waals surface area contributed by atoms with E-state index in [1.807, 2.05) is 25.1 Å². The highest BCUT2D eigenvalue weighted by Crippen LogP contribution is 2.20. The van der Waals surface area contributed by atoms with Gasteiger partial charge in [-0.3, -0.25) is 0 Å². The molecule has 1 unspecified atom stereocenters. The van der Waals surface area contributed by atoms with Crippen molar-refractivity contribution in [3.63, 3.8) is 0 Å². The van der Waals surface area contributed by atoms with Crippen LogP contribution in [0.15, 0.2) is 42.5 Å². The molecule has 0 aliphatic carbocycles. The molecule has 0 aliphatic heterocycles. The summed E-state index contributed by atoms with van der Waals surface area (Å²) in [5, 5.41) is 15.8. The zero-order chi connectivity index (χ0) is 18.4. The van der Waals surface area contributed by atoms with Gasteiger partial charge in [0.25, 0.3) is 0 Å². The van der Waals surface area contributed by atoms with Crippen LogP contribution in [0.1, 0.15) is 23.6 Å². The summed E-state index contributed by atoms with van der Waals surface area (Å²) in [5.41, 5.74) is 1.18. The van der Waals surface area contributed by atoms with Crippen molar-refractivity contribution in [2.24, 2.45) is 0 Å². The standard InChI is InChI=1S/C19H23FN2O3/c1-13-8-14(10-17(9-13)25-3)11-21-18(23)22-12-19(2,24)15-4-6-16(20)7-5-15/h4-10,24H,11-12H2,1-3H3,(H2,21,22,23). The van der Waals surface area contributed by atoms with Gasteiger partial charge in [-0.15, -0.1) is 0 Å². The van der Waals surface area contributed by atoms with Gasteiger partial charge in [0.1, 0.15) is 17.2 Å². The molecule has 0 radical (unpaired) electrons. The molecule has 2 aromatic rings. The van der Waals surface area contributed by atoms with Crippen molar-refractivity contribution in [3.05, 3.63) is 65.0 Å². The predicted molar refractivity (Wildman–Crippen MR) is 93.9 cm³/mol. The second-order valence-corrected chi connectivity index (χ2v) is 6.18. The second-order valence-electron chi connectivity index (χ2n) is 6.18. The van der Waals surface area contributed by atoms with Gasteiger partial charge in [-0.2, -0.15) is 0 Å². The molecular formula is C19H23FN2O3. The SMILES string of the molecule is COc1cc(C)cc(CNC(=O)NCC(C)(O)c2ccc(F)cc2)c1. The summed E-state index contributed by atoms with van der Waals surface area (Å²) in [6, 6.07) is 10.8. The van der Waals surface area contributed by atoms with E-state index in [2.05, 4.69) is 10.6 Å². The summed E-state index contributed by atoms with van der Waals surface area (Å²) in [4.78, 5) is 12.0. The van der Waals surface area contributed by atoms with Crippen LogP contribution in [0.2, 0.25) is 0 Å². The molecule has 1 atom stereocenters. The summed E-state index contributed by atoms with van der Waals surface area (Å²) in [6.07, 6.45) is 0. The fourth-order valence-corrected chi connectivity index (χ4v) is 2.45. The molecule has 0 saturated heterocycles. The number of aryl methyl sites for hydroxylation is 1. The van der Waals surface area contributed by atoms with Gasteiger partial charge in [-0.25, -0.2) is 9.18 Å². The summed E-state index contributed by atoms with van der Waals surface area (Å²) in [6.45, 7) is 3.85. The quantitative estimate of drug-likeness (QED) is 0.753. The number of hydrogen-bond acceptors (Lipinski definition) is 3. The van der Waals surface area contributed by atoms with Crippen LogP contribution in [0.4, 0.5) is 9.18 Å². The van der Waals surface area contributed by atoms with Gasteiger partial charge in [0.05, 0.1) is 13.7 Å². The van der Waals surface area contributed by atoms with E-state index in [9.17, 15) is 14.3 Å². The van der Waals surface area contributed by atoms with E-state index in [-0.39, 0.29) is 12.4 Å². The highest BCUT2D eigenvalue weighted by molar-refractivity contribution is 5.74. The van der Waals surface area contributed by atoms with Gasteiger partial charge >= 0.3 is 6.03 Å². The van der Waals surface area contributed by atoms with Gasteiger partial charge in [0.2, 0.25) is 0 Å². The molecule has 0 saturated carbocycles. The number of methoxy groups -OCH3 is 1. The lowest BCUT2D eigenvalue weighted by atomic mass is 9.96. The maximum absolute atomic E-state index is 13.0. The van der Waals surface area contributed by atoms with E-state index in [1.54, 1.807) is 14.0 Å². The van der Waals surface area contributed by atoms with E-state index in [4.69, 9.17) is 4.74 Å². The first-order valence-electron chi connectivity index (χ1n) is 7.95. The first-order chi connectivity index (χ1) is 11.8. The zero-order valence-corrected chi connectivity index (χ0v) is 14.6. The smallest absolute Gasteiger partial charge is 0.315 e. The van der Waals surface area contributed by atoms with Crippen LogP contribution < -0.4 is 15.4 Å². The fraction of sp³-hybridized carbons (Fsp3) is 0.316. The van der Waals surface area contributed by atoms with E-state index >= 15 is 0 Å². The molecule has 6 heteroatoms. The lowest BCUT2D eigenvalue weighted by molar-refractivity contribution is 0.0593. The van der Waals surface area contributed by atoms with Crippen LogP contribution in [0.3, 0.4) is 0 Å². The number of amides is 2. The minimum absolute atomic E-state index is 0.00159. The molecule has 5 nitrogen and oxygen atoms in total. The Labute approximate surface area is 146 Å². The number of halogens is 1. The number of carbonyl (C=O) groups is 1. The summed E-state index contributed by atoms with van der Waals surface area (Å²) < 4.78 is 18.2. The van der Waals surface area contributed by atoms with Crippen molar-refractivity contribution in [2.45, 2.75) is 26.0 Å². The normalized spacial score (nSPS) is 13.0. The third-order valence-corrected chi connectivity index (χ3v) is 3.86. The average Bonchev–Trinajstić information content (AvgIpc) is 2.58. The number of hydrogen-bond donors (Lipinski definition) is 3. The van der Waals surface area contributed by atoms with Crippen molar-refractivity contribution in [3.8, 4) is 5.75 Å². The van der Waals surface area contributed by atoms with Crippen LogP contribution in [0.5, 0.6) is 5.75 Å². The largest absolute Gasteiger partial charge is 0.497 e. The zero-order valence-electron chi connectivity index (χ0n) is 14.6. The Balaban J connectivity index is 1.88. The van der Waals surface area contributed by atoms with E-state index < -0.39 is 11.6 Å². The molecule has 0 fully saturated rings. The molecule has 3 N–H and O–H groups in total. The topological polar surface area (TPSA) is 70.6 Å². The molecule has 134 valence electrons. The molecule has 2 rings (SSSR count). The molecule has 2 aromatic carbocycles. The monoisotopic (exact) mass is 346 g/mol. The van der Waals surface area contributed by atoms with Gasteiger partial charge < -0.3 is 20.5 Å². The van der Waals surface area contributed by atoms with Crippen LogP contribution in [0, 0.1) is 12.7 Å². The molecule has 2 amide bonds. The van der Waals surface area contributed by atoms with Crippen molar-refractivity contribution in [1.82, 2.24) is 10.6 Å². The Morgan fingerprint density at radius 3 is 2.52 bits per heavy atom. The van der Waals surface area contributed by atoms with Crippen molar-refractivity contribution >= 4 is 6.03 Å². The maximum Gasteiger partial charge on any atom is 0.315 e. The Kier molecular flexibility index (Phi) is 5.98. The number of urea groups is 1. The minimum atomic E-state index is -1.29. The fourth-order valence-electron chi connectivity index (χ4n) is 2.45. The Bertz CT molecular complexity index is 730. The number of ether oxygens (including phenoxy) is 1. The van der Waals surface area contributed by atoms with Crippen LogP contribution in [-0.2, 0) is 12.1 Å². The van der Waals surface area contributed by atoms with Crippen molar-refractivity contribution in [1.29, 1.82) is 0 Å². The van der Waals surface area contributed by atoms with Crippen molar-refractivity contribution in [2.75, 3.05) is 13.7 Å². The minimum Gasteiger partial charge on any atom is -0.497 e. The average molecular weight is 346 g/mol. The Morgan fingerprint density at radius 1 is 1.20 bits per heavy atom. The van der Waals surface area contributed by atoms with Crippen LogP contribution in [-0.4, -0.2) is 24.8 Å². The summed E-state index contributed by atoms with van der Waals surface area (Å²) in [5.74, 6) is 0.357. The van der Waals surface area contributed by atoms with E-state index in [0.29, 0.717) is 12.1 Å².